The van der Waals surface area contributed by atoms with Crippen molar-refractivity contribution in [3.8, 4) is 0 Å². The SMILES string of the molecule is Cc1cc(F)ccc1CSc1ccncc1N. The van der Waals surface area contributed by atoms with Gasteiger partial charge in [0.25, 0.3) is 0 Å². The smallest absolute Gasteiger partial charge is 0.123 e. The maximum Gasteiger partial charge on any atom is 0.123 e. The molecule has 2 N–H and O–H groups in total. The van der Waals surface area contributed by atoms with Gasteiger partial charge in [0.1, 0.15) is 5.82 Å². The van der Waals surface area contributed by atoms with Gasteiger partial charge in [0, 0.05) is 16.8 Å². The number of aromatic nitrogens is 1. The van der Waals surface area contributed by atoms with E-state index in [1.54, 1.807) is 30.2 Å². The standard InChI is InChI=1S/C13H13FN2S/c1-9-6-11(14)3-2-10(9)8-17-13-4-5-16-7-12(13)15/h2-7H,8,15H2,1H3. The van der Waals surface area contributed by atoms with Gasteiger partial charge in [0.05, 0.1) is 11.9 Å². The van der Waals surface area contributed by atoms with Gasteiger partial charge in [0.15, 0.2) is 0 Å². The fourth-order valence-corrected chi connectivity index (χ4v) is 2.51. The zero-order valence-corrected chi connectivity index (χ0v) is 10.3. The Hall–Kier alpha value is -1.55. The molecule has 0 radical (unpaired) electrons. The number of nitrogens with zero attached hydrogens (tertiary/aromatic N) is 1. The first kappa shape index (κ1) is 11.9. The molecule has 0 bridgehead atoms. The van der Waals surface area contributed by atoms with Crippen LogP contribution in [0, 0.1) is 12.7 Å². The van der Waals surface area contributed by atoms with Gasteiger partial charge in [-0.1, -0.05) is 6.07 Å². The van der Waals surface area contributed by atoms with E-state index in [9.17, 15) is 4.39 Å². The maximum atomic E-state index is 12.9. The van der Waals surface area contributed by atoms with Crippen molar-refractivity contribution in [2.75, 3.05) is 5.73 Å². The highest BCUT2D eigenvalue weighted by Crippen LogP contribution is 2.28. The molecule has 17 heavy (non-hydrogen) atoms. The summed E-state index contributed by atoms with van der Waals surface area (Å²) in [6, 6.07) is 6.73. The van der Waals surface area contributed by atoms with Crippen LogP contribution in [0.3, 0.4) is 0 Å². The lowest BCUT2D eigenvalue weighted by Gasteiger charge is -2.07. The number of nitrogens with two attached hydrogens (primary N) is 1. The third kappa shape index (κ3) is 2.97. The zero-order chi connectivity index (χ0) is 12.3. The molecule has 1 aromatic heterocycles. The summed E-state index contributed by atoms with van der Waals surface area (Å²) in [7, 11) is 0. The molecule has 1 heterocycles. The summed E-state index contributed by atoms with van der Waals surface area (Å²) in [4.78, 5) is 4.94. The first-order valence-electron chi connectivity index (χ1n) is 5.24. The van der Waals surface area contributed by atoms with Gasteiger partial charge in [-0.25, -0.2) is 4.39 Å². The molecule has 0 fully saturated rings. The molecular formula is C13H13FN2S. The molecule has 0 atom stereocenters. The molecule has 0 saturated carbocycles. The molecule has 0 amide bonds. The summed E-state index contributed by atoms with van der Waals surface area (Å²) in [5, 5.41) is 0. The first-order chi connectivity index (χ1) is 8.16. The lowest BCUT2D eigenvalue weighted by atomic mass is 10.1. The molecule has 0 saturated heterocycles. The molecule has 0 aliphatic rings. The van der Waals surface area contributed by atoms with Crippen LogP contribution in [0.4, 0.5) is 10.1 Å². The second kappa shape index (κ2) is 5.19. The molecule has 1 aromatic carbocycles. The summed E-state index contributed by atoms with van der Waals surface area (Å²) in [6.07, 6.45) is 3.36. The lowest BCUT2D eigenvalue weighted by molar-refractivity contribution is 0.626. The minimum absolute atomic E-state index is 0.195. The Balaban J connectivity index is 2.10. The van der Waals surface area contributed by atoms with Crippen molar-refractivity contribution in [2.45, 2.75) is 17.6 Å². The molecular weight excluding hydrogens is 235 g/mol. The van der Waals surface area contributed by atoms with E-state index in [0.29, 0.717) is 5.69 Å². The number of pyridine rings is 1. The Morgan fingerprint density at radius 3 is 2.88 bits per heavy atom. The average Bonchev–Trinajstić information content (AvgIpc) is 2.30. The van der Waals surface area contributed by atoms with E-state index in [0.717, 1.165) is 21.8 Å². The minimum atomic E-state index is -0.195. The number of thioether (sulfide) groups is 1. The number of hydrogen-bond donors (Lipinski definition) is 1. The molecule has 2 nitrogen and oxygen atoms in total. The summed E-state index contributed by atoms with van der Waals surface area (Å²) in [6.45, 7) is 1.91. The van der Waals surface area contributed by atoms with Crippen molar-refractivity contribution in [1.82, 2.24) is 4.98 Å². The van der Waals surface area contributed by atoms with E-state index in [4.69, 9.17) is 5.73 Å². The Kier molecular flexibility index (Phi) is 3.64. The Labute approximate surface area is 104 Å². The summed E-state index contributed by atoms with van der Waals surface area (Å²) in [5.74, 6) is 0.583. The van der Waals surface area contributed by atoms with Crippen LogP contribution in [0.2, 0.25) is 0 Å². The molecule has 0 unspecified atom stereocenters. The number of aryl methyl sites for hydroxylation is 1. The van der Waals surface area contributed by atoms with E-state index in [1.807, 2.05) is 19.1 Å². The second-order valence-corrected chi connectivity index (χ2v) is 4.79. The van der Waals surface area contributed by atoms with Crippen LogP contribution in [0.5, 0.6) is 0 Å². The van der Waals surface area contributed by atoms with E-state index >= 15 is 0 Å². The second-order valence-electron chi connectivity index (χ2n) is 3.77. The summed E-state index contributed by atoms with van der Waals surface area (Å²) >= 11 is 1.63. The maximum absolute atomic E-state index is 12.9. The van der Waals surface area contributed by atoms with Crippen molar-refractivity contribution in [3.63, 3.8) is 0 Å². The fourth-order valence-electron chi connectivity index (χ4n) is 1.50. The van der Waals surface area contributed by atoms with Crippen molar-refractivity contribution in [2.24, 2.45) is 0 Å². The monoisotopic (exact) mass is 248 g/mol. The van der Waals surface area contributed by atoms with Crippen LogP contribution in [0.25, 0.3) is 0 Å². The Morgan fingerprint density at radius 2 is 2.18 bits per heavy atom. The lowest BCUT2D eigenvalue weighted by Crippen LogP contribution is -1.91. The van der Waals surface area contributed by atoms with Crippen LogP contribution >= 0.6 is 11.8 Å². The average molecular weight is 248 g/mol. The Morgan fingerprint density at radius 1 is 1.35 bits per heavy atom. The van der Waals surface area contributed by atoms with Gasteiger partial charge in [-0.05, 0) is 36.2 Å². The predicted molar refractivity (Wildman–Crippen MR) is 69.3 cm³/mol. The van der Waals surface area contributed by atoms with Gasteiger partial charge in [0.2, 0.25) is 0 Å². The topological polar surface area (TPSA) is 38.9 Å². The van der Waals surface area contributed by atoms with Crippen molar-refractivity contribution in [1.29, 1.82) is 0 Å². The number of anilines is 1. The highest BCUT2D eigenvalue weighted by atomic mass is 32.2. The molecule has 88 valence electrons. The molecule has 0 spiro atoms. The zero-order valence-electron chi connectivity index (χ0n) is 9.48. The highest BCUT2D eigenvalue weighted by Gasteiger charge is 2.03. The summed E-state index contributed by atoms with van der Waals surface area (Å²) in [5.41, 5.74) is 8.56. The largest absolute Gasteiger partial charge is 0.397 e. The van der Waals surface area contributed by atoms with Crippen LogP contribution < -0.4 is 5.73 Å². The predicted octanol–water partition coefficient (Wildman–Crippen LogP) is 3.40. The van der Waals surface area contributed by atoms with Gasteiger partial charge >= 0.3 is 0 Å². The fraction of sp³-hybridized carbons (Fsp3) is 0.154. The van der Waals surface area contributed by atoms with Gasteiger partial charge < -0.3 is 5.73 Å². The van der Waals surface area contributed by atoms with Gasteiger partial charge in [-0.2, -0.15) is 0 Å². The first-order valence-corrected chi connectivity index (χ1v) is 6.22. The van der Waals surface area contributed by atoms with Crippen LogP contribution in [0.15, 0.2) is 41.6 Å². The van der Waals surface area contributed by atoms with Crippen LogP contribution in [-0.2, 0) is 5.75 Å². The number of rotatable bonds is 3. The quantitative estimate of drug-likeness (QED) is 0.846. The normalized spacial score (nSPS) is 10.5. The highest BCUT2D eigenvalue weighted by molar-refractivity contribution is 7.98. The molecule has 2 rings (SSSR count). The Bertz CT molecular complexity index is 529. The third-order valence-electron chi connectivity index (χ3n) is 2.50. The molecule has 4 heteroatoms. The number of benzene rings is 1. The number of halogens is 1. The minimum Gasteiger partial charge on any atom is -0.397 e. The van der Waals surface area contributed by atoms with Gasteiger partial charge in [-0.3, -0.25) is 4.98 Å². The van der Waals surface area contributed by atoms with E-state index < -0.39 is 0 Å². The van der Waals surface area contributed by atoms with Crippen molar-refractivity contribution in [3.05, 3.63) is 53.6 Å². The molecule has 0 aliphatic heterocycles. The number of hydrogen-bond acceptors (Lipinski definition) is 3. The van der Waals surface area contributed by atoms with Crippen molar-refractivity contribution >= 4 is 17.4 Å². The third-order valence-corrected chi connectivity index (χ3v) is 3.64. The van der Waals surface area contributed by atoms with Crippen molar-refractivity contribution < 1.29 is 4.39 Å². The molecule has 0 aliphatic carbocycles. The van der Waals surface area contributed by atoms with E-state index in [2.05, 4.69) is 4.98 Å². The van der Waals surface area contributed by atoms with Crippen LogP contribution in [-0.4, -0.2) is 4.98 Å². The molecule has 2 aromatic rings. The van der Waals surface area contributed by atoms with Gasteiger partial charge in [-0.15, -0.1) is 11.8 Å². The van der Waals surface area contributed by atoms with Crippen LogP contribution in [0.1, 0.15) is 11.1 Å². The summed E-state index contributed by atoms with van der Waals surface area (Å²) < 4.78 is 12.9. The number of nitrogen functional groups attached to an aromatic ring is 1. The van der Waals surface area contributed by atoms with E-state index in [1.165, 1.54) is 6.07 Å². The van der Waals surface area contributed by atoms with E-state index in [-0.39, 0.29) is 5.82 Å².